The summed E-state index contributed by atoms with van der Waals surface area (Å²) >= 11 is 1.59. The lowest BCUT2D eigenvalue weighted by Crippen LogP contribution is -2.26. The number of nitrogens with one attached hydrogen (secondary N) is 3. The summed E-state index contributed by atoms with van der Waals surface area (Å²) in [6.45, 7) is 2.89. The third-order valence-electron chi connectivity index (χ3n) is 7.13. The molecule has 5 aromatic rings. The predicted molar refractivity (Wildman–Crippen MR) is 162 cm³/mol. The molecule has 4 heterocycles. The number of ether oxygens (including phenoxy) is 2. The van der Waals surface area contributed by atoms with E-state index in [2.05, 4.69) is 26.7 Å². The fourth-order valence-corrected chi connectivity index (χ4v) is 6.02. The summed E-state index contributed by atoms with van der Waals surface area (Å²) in [4.78, 5) is 48.2. The van der Waals surface area contributed by atoms with Crippen molar-refractivity contribution in [1.29, 1.82) is 0 Å². The number of anilines is 1. The molecule has 2 amide bonds. The topological polar surface area (TPSA) is 122 Å². The number of pyridine rings is 1. The maximum Gasteiger partial charge on any atom is 0.357 e. The van der Waals surface area contributed by atoms with Crippen molar-refractivity contribution in [2.45, 2.75) is 19.8 Å². The van der Waals surface area contributed by atoms with Crippen LogP contribution in [0.25, 0.3) is 32.5 Å². The van der Waals surface area contributed by atoms with Crippen LogP contribution in [0.3, 0.4) is 0 Å². The summed E-state index contributed by atoms with van der Waals surface area (Å²) in [6.07, 6.45) is 3.33. The molecule has 0 fully saturated rings. The molecule has 42 heavy (non-hydrogen) atoms. The van der Waals surface area contributed by atoms with Crippen molar-refractivity contribution in [3.8, 4) is 27.3 Å². The predicted octanol–water partition coefficient (Wildman–Crippen LogP) is 6.07. The van der Waals surface area contributed by atoms with Crippen molar-refractivity contribution >= 4 is 45.7 Å². The molecule has 0 saturated heterocycles. The summed E-state index contributed by atoms with van der Waals surface area (Å²) in [6, 6.07) is 16.4. The minimum atomic E-state index is -0.726. The zero-order valence-electron chi connectivity index (χ0n) is 23.1. The Balaban J connectivity index is 1.50. The van der Waals surface area contributed by atoms with E-state index in [4.69, 9.17) is 9.47 Å². The van der Waals surface area contributed by atoms with Crippen molar-refractivity contribution < 1.29 is 23.9 Å². The van der Waals surface area contributed by atoms with Gasteiger partial charge >= 0.3 is 5.97 Å². The highest BCUT2D eigenvalue weighted by Crippen LogP contribution is 2.43. The second-order valence-electron chi connectivity index (χ2n) is 9.84. The Morgan fingerprint density at radius 2 is 1.90 bits per heavy atom. The van der Waals surface area contributed by atoms with Crippen LogP contribution >= 0.6 is 11.3 Å². The number of thiophene rings is 1. The van der Waals surface area contributed by atoms with E-state index >= 15 is 0 Å². The quantitative estimate of drug-likeness (QED) is 0.201. The standard InChI is InChI=1S/C32H28N4O5S/c1-3-11-34-31(38)26-7-5-21(28(36-26)32(39)40-2)22-17-27-24(29-18(9-13-41-27)10-14-42-29)16-23(22)30(37)35-20-4-6-25-19(15-20)8-12-33-25/h4-8,10,12,14-17,33H,3,9,11,13H2,1-2H3,(H,34,38)(H,35,37). The van der Waals surface area contributed by atoms with Gasteiger partial charge in [-0.15, -0.1) is 11.3 Å². The van der Waals surface area contributed by atoms with E-state index in [9.17, 15) is 14.4 Å². The number of fused-ring (bicyclic) bond motifs is 4. The molecule has 6 rings (SSSR count). The number of amides is 2. The lowest BCUT2D eigenvalue weighted by molar-refractivity contribution is 0.0594. The fourth-order valence-electron chi connectivity index (χ4n) is 5.04. The average molecular weight is 581 g/mol. The Bertz CT molecular complexity index is 1840. The minimum absolute atomic E-state index is 0.0742. The van der Waals surface area contributed by atoms with Crippen LogP contribution in [-0.2, 0) is 11.2 Å². The molecule has 0 bridgehead atoms. The molecule has 10 heteroatoms. The number of hydrogen-bond donors (Lipinski definition) is 3. The Morgan fingerprint density at radius 1 is 1.02 bits per heavy atom. The summed E-state index contributed by atoms with van der Waals surface area (Å²) in [5.41, 5.74) is 4.63. The molecular weight excluding hydrogens is 552 g/mol. The molecule has 0 saturated carbocycles. The Hall–Kier alpha value is -4.96. The van der Waals surface area contributed by atoms with Crippen LogP contribution in [-0.4, -0.2) is 48.0 Å². The van der Waals surface area contributed by atoms with Crippen LogP contribution in [0.1, 0.15) is 50.2 Å². The number of aromatic nitrogens is 2. The number of carbonyl (C=O) groups excluding carboxylic acids is 3. The third-order valence-corrected chi connectivity index (χ3v) is 8.12. The number of aromatic amines is 1. The molecule has 0 spiro atoms. The van der Waals surface area contributed by atoms with Gasteiger partial charge in [0.25, 0.3) is 11.8 Å². The molecule has 1 aliphatic heterocycles. The van der Waals surface area contributed by atoms with Crippen LogP contribution in [0, 0.1) is 0 Å². The number of benzene rings is 2. The van der Waals surface area contributed by atoms with E-state index in [1.54, 1.807) is 29.5 Å². The van der Waals surface area contributed by atoms with Gasteiger partial charge in [0.05, 0.1) is 13.7 Å². The highest BCUT2D eigenvalue weighted by atomic mass is 32.1. The molecule has 0 aliphatic carbocycles. The lowest BCUT2D eigenvalue weighted by atomic mass is 9.93. The molecule has 3 N–H and O–H groups in total. The number of esters is 1. The highest BCUT2D eigenvalue weighted by Gasteiger charge is 2.27. The highest BCUT2D eigenvalue weighted by molar-refractivity contribution is 7.13. The normalized spacial score (nSPS) is 12.0. The van der Waals surface area contributed by atoms with Gasteiger partial charge in [0.2, 0.25) is 0 Å². The van der Waals surface area contributed by atoms with Crippen molar-refractivity contribution in [2.75, 3.05) is 25.6 Å². The summed E-state index contributed by atoms with van der Waals surface area (Å²) in [5, 5.41) is 8.78. The molecule has 0 radical (unpaired) electrons. The van der Waals surface area contributed by atoms with Gasteiger partial charge in [0.1, 0.15) is 11.4 Å². The summed E-state index contributed by atoms with van der Waals surface area (Å²) < 4.78 is 11.2. The van der Waals surface area contributed by atoms with E-state index in [1.165, 1.54) is 13.2 Å². The first-order chi connectivity index (χ1) is 20.5. The Morgan fingerprint density at radius 3 is 2.74 bits per heavy atom. The Labute approximate surface area is 245 Å². The van der Waals surface area contributed by atoms with Crippen LogP contribution in [0.2, 0.25) is 0 Å². The molecule has 0 unspecified atom stereocenters. The van der Waals surface area contributed by atoms with Crippen molar-refractivity contribution in [3.05, 3.63) is 88.7 Å². The van der Waals surface area contributed by atoms with Crippen molar-refractivity contribution in [2.24, 2.45) is 0 Å². The first-order valence-corrected chi connectivity index (χ1v) is 14.5. The second-order valence-corrected chi connectivity index (χ2v) is 10.8. The van der Waals surface area contributed by atoms with Crippen LogP contribution in [0.15, 0.2) is 66.2 Å². The molecule has 212 valence electrons. The van der Waals surface area contributed by atoms with Gasteiger partial charge < -0.3 is 25.1 Å². The lowest BCUT2D eigenvalue weighted by Gasteiger charge is -2.17. The smallest absolute Gasteiger partial charge is 0.357 e. The number of nitrogens with zero attached hydrogens (tertiary/aromatic N) is 1. The number of methoxy groups -OCH3 is 1. The maximum absolute atomic E-state index is 14.0. The summed E-state index contributed by atoms with van der Waals surface area (Å²) in [5.74, 6) is -0.902. The van der Waals surface area contributed by atoms with E-state index in [1.807, 2.05) is 42.8 Å². The second kappa shape index (κ2) is 11.5. The average Bonchev–Trinajstić information content (AvgIpc) is 3.65. The van der Waals surface area contributed by atoms with Gasteiger partial charge in [0, 0.05) is 62.9 Å². The number of hydrogen-bond acceptors (Lipinski definition) is 7. The number of H-pyrrole nitrogens is 1. The fraction of sp³-hybridized carbons (Fsp3) is 0.188. The molecule has 1 aliphatic rings. The van der Waals surface area contributed by atoms with E-state index < -0.39 is 11.9 Å². The minimum Gasteiger partial charge on any atom is -0.493 e. The van der Waals surface area contributed by atoms with Gasteiger partial charge in [-0.05, 0) is 72.0 Å². The molecular formula is C32H28N4O5S. The van der Waals surface area contributed by atoms with Gasteiger partial charge in [-0.1, -0.05) is 6.92 Å². The molecule has 9 nitrogen and oxygen atoms in total. The van der Waals surface area contributed by atoms with Gasteiger partial charge in [-0.3, -0.25) is 9.59 Å². The van der Waals surface area contributed by atoms with E-state index in [0.29, 0.717) is 41.3 Å². The number of carbonyl (C=O) groups is 3. The van der Waals surface area contributed by atoms with Crippen LogP contribution in [0.5, 0.6) is 5.75 Å². The maximum atomic E-state index is 14.0. The van der Waals surface area contributed by atoms with Crippen LogP contribution < -0.4 is 15.4 Å². The first-order valence-electron chi connectivity index (χ1n) is 13.6. The zero-order valence-corrected chi connectivity index (χ0v) is 23.9. The first kappa shape index (κ1) is 27.2. The third kappa shape index (κ3) is 5.12. The van der Waals surface area contributed by atoms with E-state index in [-0.39, 0.29) is 17.3 Å². The molecule has 3 aromatic heterocycles. The van der Waals surface area contributed by atoms with E-state index in [0.717, 1.165) is 39.7 Å². The van der Waals surface area contributed by atoms with Crippen molar-refractivity contribution in [1.82, 2.24) is 15.3 Å². The zero-order chi connectivity index (χ0) is 29.2. The number of rotatable bonds is 7. The molecule has 0 atom stereocenters. The largest absolute Gasteiger partial charge is 0.493 e. The monoisotopic (exact) mass is 580 g/mol. The SMILES string of the molecule is CCCNC(=O)c1ccc(-c2cc3c(cc2C(=O)Nc2ccc4[nH]ccc4c2)-c2sccc2CCO3)c(C(=O)OC)n1. The van der Waals surface area contributed by atoms with Gasteiger partial charge in [-0.2, -0.15) is 0 Å². The van der Waals surface area contributed by atoms with Crippen molar-refractivity contribution in [3.63, 3.8) is 0 Å². The summed E-state index contributed by atoms with van der Waals surface area (Å²) in [7, 11) is 1.25. The Kier molecular flexibility index (Phi) is 7.45. The molecule has 2 aromatic carbocycles. The van der Waals surface area contributed by atoms with Crippen LogP contribution in [0.4, 0.5) is 5.69 Å². The van der Waals surface area contributed by atoms with Gasteiger partial charge in [-0.25, -0.2) is 9.78 Å². The van der Waals surface area contributed by atoms with Gasteiger partial charge in [0.15, 0.2) is 5.69 Å².